The second kappa shape index (κ2) is 6.64. The van der Waals surface area contributed by atoms with Gasteiger partial charge in [0.1, 0.15) is 6.26 Å². The summed E-state index contributed by atoms with van der Waals surface area (Å²) in [4.78, 5) is 4.28. The average molecular weight is 238 g/mol. The molecule has 2 rings (SSSR count). The van der Waals surface area contributed by atoms with Crippen molar-refractivity contribution >= 4 is 0 Å². The highest BCUT2D eigenvalue weighted by atomic mass is 16.6. The molecular weight excluding hydrogens is 216 g/mol. The molecule has 1 N–H and O–H groups in total. The molecule has 96 valence electrons. The first kappa shape index (κ1) is 12.4. The molecule has 0 unspecified atom stereocenters. The zero-order valence-corrected chi connectivity index (χ0v) is 10.6. The molecule has 0 aromatic carbocycles. The first-order valence-corrected chi connectivity index (χ1v) is 6.66. The standard InChI is InChI=1S/C13H22N2O2/c1-2-14-8-12-10-17-13(15-12)16-9-11-6-4-3-5-7-11/h10-11,14H,2-9H2,1H3. The van der Waals surface area contributed by atoms with E-state index in [0.717, 1.165) is 25.4 Å². The van der Waals surface area contributed by atoms with Crippen LogP contribution in [0.15, 0.2) is 10.7 Å². The molecule has 0 saturated heterocycles. The number of hydrogen-bond donors (Lipinski definition) is 1. The van der Waals surface area contributed by atoms with Crippen molar-refractivity contribution in [3.05, 3.63) is 12.0 Å². The normalized spacial score (nSPS) is 17.2. The lowest BCUT2D eigenvalue weighted by Crippen LogP contribution is -2.15. The number of ether oxygens (including phenoxy) is 1. The number of rotatable bonds is 6. The fourth-order valence-corrected chi connectivity index (χ4v) is 2.23. The average Bonchev–Trinajstić information content (AvgIpc) is 2.83. The first-order chi connectivity index (χ1) is 8.38. The Morgan fingerprint density at radius 2 is 2.24 bits per heavy atom. The molecule has 0 aliphatic heterocycles. The van der Waals surface area contributed by atoms with Crippen LogP contribution in [0.4, 0.5) is 0 Å². The zero-order valence-electron chi connectivity index (χ0n) is 10.6. The van der Waals surface area contributed by atoms with E-state index in [0.29, 0.717) is 12.0 Å². The van der Waals surface area contributed by atoms with Gasteiger partial charge in [-0.25, -0.2) is 0 Å². The van der Waals surface area contributed by atoms with Crippen LogP contribution >= 0.6 is 0 Å². The summed E-state index contributed by atoms with van der Waals surface area (Å²) in [6.45, 7) is 4.50. The van der Waals surface area contributed by atoms with Crippen molar-refractivity contribution < 1.29 is 9.15 Å². The predicted octanol–water partition coefficient (Wildman–Crippen LogP) is 2.74. The molecule has 0 amide bonds. The van der Waals surface area contributed by atoms with E-state index in [1.807, 2.05) is 0 Å². The van der Waals surface area contributed by atoms with E-state index in [4.69, 9.17) is 9.15 Å². The molecule has 1 aliphatic rings. The largest absolute Gasteiger partial charge is 0.450 e. The zero-order chi connectivity index (χ0) is 11.9. The predicted molar refractivity (Wildman–Crippen MR) is 66.0 cm³/mol. The molecule has 0 spiro atoms. The van der Waals surface area contributed by atoms with E-state index in [9.17, 15) is 0 Å². The molecule has 1 aliphatic carbocycles. The summed E-state index contributed by atoms with van der Waals surface area (Å²) < 4.78 is 10.9. The first-order valence-electron chi connectivity index (χ1n) is 6.66. The molecule has 1 aromatic rings. The topological polar surface area (TPSA) is 47.3 Å². The highest BCUT2D eigenvalue weighted by Crippen LogP contribution is 2.24. The summed E-state index contributed by atoms with van der Waals surface area (Å²) in [5.41, 5.74) is 0.908. The maximum atomic E-state index is 5.60. The van der Waals surface area contributed by atoms with Crippen molar-refractivity contribution in [2.45, 2.75) is 45.6 Å². The number of aromatic nitrogens is 1. The van der Waals surface area contributed by atoms with E-state index < -0.39 is 0 Å². The van der Waals surface area contributed by atoms with Crippen LogP contribution < -0.4 is 10.1 Å². The Balaban J connectivity index is 1.72. The number of hydrogen-bond acceptors (Lipinski definition) is 4. The van der Waals surface area contributed by atoms with Crippen LogP contribution in [0.25, 0.3) is 0 Å². The summed E-state index contributed by atoms with van der Waals surface area (Å²) in [7, 11) is 0. The van der Waals surface area contributed by atoms with E-state index in [2.05, 4.69) is 17.2 Å². The molecule has 4 nitrogen and oxygen atoms in total. The van der Waals surface area contributed by atoms with Gasteiger partial charge in [-0.2, -0.15) is 4.98 Å². The molecule has 1 heterocycles. The Bertz CT molecular complexity index is 319. The van der Waals surface area contributed by atoms with Crippen molar-refractivity contribution in [3.8, 4) is 6.08 Å². The fourth-order valence-electron chi connectivity index (χ4n) is 2.23. The smallest absolute Gasteiger partial charge is 0.393 e. The van der Waals surface area contributed by atoms with Gasteiger partial charge in [0, 0.05) is 6.54 Å². The second-order valence-corrected chi connectivity index (χ2v) is 4.70. The molecule has 1 saturated carbocycles. The van der Waals surface area contributed by atoms with Gasteiger partial charge in [0.05, 0.1) is 12.3 Å². The lowest BCUT2D eigenvalue weighted by molar-refractivity contribution is 0.165. The third-order valence-corrected chi connectivity index (χ3v) is 3.25. The van der Waals surface area contributed by atoms with Gasteiger partial charge in [0.15, 0.2) is 0 Å². The molecule has 1 fully saturated rings. The van der Waals surface area contributed by atoms with E-state index >= 15 is 0 Å². The minimum Gasteiger partial charge on any atom is -0.450 e. The van der Waals surface area contributed by atoms with Gasteiger partial charge < -0.3 is 14.5 Å². The minimum atomic E-state index is 0.420. The van der Waals surface area contributed by atoms with Crippen molar-refractivity contribution in [3.63, 3.8) is 0 Å². The van der Waals surface area contributed by atoms with Crippen LogP contribution in [-0.2, 0) is 6.54 Å². The Hall–Kier alpha value is -1.03. The van der Waals surface area contributed by atoms with Crippen LogP contribution in [0.1, 0.15) is 44.7 Å². The van der Waals surface area contributed by atoms with Gasteiger partial charge >= 0.3 is 6.08 Å². The van der Waals surface area contributed by atoms with Crippen molar-refractivity contribution in [1.82, 2.24) is 10.3 Å². The van der Waals surface area contributed by atoms with E-state index in [1.165, 1.54) is 32.1 Å². The van der Waals surface area contributed by atoms with Gasteiger partial charge in [-0.3, -0.25) is 0 Å². The minimum absolute atomic E-state index is 0.420. The summed E-state index contributed by atoms with van der Waals surface area (Å²) in [6.07, 6.45) is 8.71. The van der Waals surface area contributed by atoms with E-state index in [-0.39, 0.29) is 0 Å². The van der Waals surface area contributed by atoms with Gasteiger partial charge in [0.2, 0.25) is 0 Å². The molecule has 0 radical (unpaired) electrons. The fraction of sp³-hybridized carbons (Fsp3) is 0.769. The molecule has 1 aromatic heterocycles. The molecule has 4 heteroatoms. The van der Waals surface area contributed by atoms with Crippen LogP contribution in [0.3, 0.4) is 0 Å². The SMILES string of the molecule is CCNCc1coc(OCC2CCCCC2)n1. The van der Waals surface area contributed by atoms with Gasteiger partial charge in [0.25, 0.3) is 0 Å². The van der Waals surface area contributed by atoms with Crippen molar-refractivity contribution in [2.75, 3.05) is 13.2 Å². The highest BCUT2D eigenvalue weighted by Gasteiger charge is 2.15. The number of nitrogens with one attached hydrogen (secondary N) is 1. The Morgan fingerprint density at radius 3 is 3.00 bits per heavy atom. The van der Waals surface area contributed by atoms with Crippen molar-refractivity contribution in [2.24, 2.45) is 5.92 Å². The van der Waals surface area contributed by atoms with Crippen LogP contribution in [0.2, 0.25) is 0 Å². The Kier molecular flexibility index (Phi) is 4.86. The quantitative estimate of drug-likeness (QED) is 0.827. The second-order valence-electron chi connectivity index (χ2n) is 4.70. The molecule has 0 atom stereocenters. The number of oxazole rings is 1. The van der Waals surface area contributed by atoms with Gasteiger partial charge in [-0.1, -0.05) is 26.2 Å². The molecular formula is C13H22N2O2. The third-order valence-electron chi connectivity index (χ3n) is 3.25. The maximum Gasteiger partial charge on any atom is 0.393 e. The summed E-state index contributed by atoms with van der Waals surface area (Å²) in [5.74, 6) is 0.688. The molecule has 0 bridgehead atoms. The maximum absolute atomic E-state index is 5.60. The third kappa shape index (κ3) is 4.04. The summed E-state index contributed by atoms with van der Waals surface area (Å²) in [6, 6.07) is 0. The lowest BCUT2D eigenvalue weighted by Gasteiger charge is -2.20. The van der Waals surface area contributed by atoms with Gasteiger partial charge in [-0.15, -0.1) is 0 Å². The Labute approximate surface area is 103 Å². The lowest BCUT2D eigenvalue weighted by atomic mass is 9.90. The monoisotopic (exact) mass is 238 g/mol. The summed E-state index contributed by atoms with van der Waals surface area (Å²) in [5, 5.41) is 3.21. The van der Waals surface area contributed by atoms with Crippen LogP contribution in [0, 0.1) is 5.92 Å². The van der Waals surface area contributed by atoms with Crippen LogP contribution in [-0.4, -0.2) is 18.1 Å². The molecule has 17 heavy (non-hydrogen) atoms. The van der Waals surface area contributed by atoms with Crippen molar-refractivity contribution in [1.29, 1.82) is 0 Å². The van der Waals surface area contributed by atoms with Gasteiger partial charge in [-0.05, 0) is 25.3 Å². The highest BCUT2D eigenvalue weighted by molar-refractivity contribution is 4.99. The Morgan fingerprint density at radius 1 is 1.41 bits per heavy atom. The number of nitrogens with zero attached hydrogens (tertiary/aromatic N) is 1. The van der Waals surface area contributed by atoms with Crippen LogP contribution in [0.5, 0.6) is 6.08 Å². The van der Waals surface area contributed by atoms with E-state index in [1.54, 1.807) is 6.26 Å². The summed E-state index contributed by atoms with van der Waals surface area (Å²) >= 11 is 0.